The third-order valence-corrected chi connectivity index (χ3v) is 4.05. The molecule has 2 nitrogen and oxygen atoms in total. The minimum Gasteiger partial charge on any atom is -0.322 e. The number of benzene rings is 2. The summed E-state index contributed by atoms with van der Waals surface area (Å²) >= 11 is 7.79. The molecule has 2 aromatic carbocycles. The molecule has 1 N–H and O–H groups in total. The van der Waals surface area contributed by atoms with E-state index < -0.39 is 0 Å². The van der Waals surface area contributed by atoms with Gasteiger partial charge in [0.2, 0.25) is 0 Å². The van der Waals surface area contributed by atoms with Crippen LogP contribution in [0, 0.1) is 6.92 Å². The fraction of sp³-hybridized carbons (Fsp3) is 0.188. The number of carbonyl (C=O) groups is 1. The second kappa shape index (κ2) is 6.82. The summed E-state index contributed by atoms with van der Waals surface area (Å²) < 4.78 is 0. The summed E-state index contributed by atoms with van der Waals surface area (Å²) in [6, 6.07) is 13.2. The number of rotatable bonds is 4. The SMILES string of the molecule is CSCc1cccc(C(=O)Nc2cccc(Cl)c2C)c1. The van der Waals surface area contributed by atoms with E-state index in [1.54, 1.807) is 11.8 Å². The topological polar surface area (TPSA) is 29.1 Å². The van der Waals surface area contributed by atoms with Crippen LogP contribution in [0.2, 0.25) is 5.02 Å². The molecule has 0 atom stereocenters. The molecule has 0 heterocycles. The van der Waals surface area contributed by atoms with Crippen LogP contribution in [0.1, 0.15) is 21.5 Å². The first-order valence-corrected chi connectivity index (χ1v) is 8.03. The number of anilines is 1. The van der Waals surface area contributed by atoms with Crippen molar-refractivity contribution in [3.05, 3.63) is 64.2 Å². The molecule has 20 heavy (non-hydrogen) atoms. The highest BCUT2D eigenvalue weighted by Gasteiger charge is 2.09. The molecular formula is C16H16ClNOS. The van der Waals surface area contributed by atoms with Gasteiger partial charge >= 0.3 is 0 Å². The highest BCUT2D eigenvalue weighted by molar-refractivity contribution is 7.97. The highest BCUT2D eigenvalue weighted by atomic mass is 35.5. The molecule has 0 fully saturated rings. The normalized spacial score (nSPS) is 10.3. The molecule has 2 rings (SSSR count). The number of hydrogen-bond donors (Lipinski definition) is 1. The van der Waals surface area contributed by atoms with Crippen LogP contribution in [0.4, 0.5) is 5.69 Å². The molecule has 0 bridgehead atoms. The second-order valence-corrected chi connectivity index (χ2v) is 5.77. The summed E-state index contributed by atoms with van der Waals surface area (Å²) in [5.41, 5.74) is 3.43. The molecule has 104 valence electrons. The van der Waals surface area contributed by atoms with Crippen molar-refractivity contribution in [3.8, 4) is 0 Å². The molecule has 0 radical (unpaired) electrons. The van der Waals surface area contributed by atoms with Crippen molar-refractivity contribution in [1.29, 1.82) is 0 Å². The van der Waals surface area contributed by atoms with Crippen LogP contribution in [-0.2, 0) is 5.75 Å². The lowest BCUT2D eigenvalue weighted by Crippen LogP contribution is -2.13. The lowest BCUT2D eigenvalue weighted by atomic mass is 10.1. The van der Waals surface area contributed by atoms with Crippen molar-refractivity contribution in [3.63, 3.8) is 0 Å². The van der Waals surface area contributed by atoms with Gasteiger partial charge in [0.05, 0.1) is 0 Å². The fourth-order valence-corrected chi connectivity index (χ4v) is 2.59. The van der Waals surface area contributed by atoms with Crippen LogP contribution < -0.4 is 5.32 Å². The van der Waals surface area contributed by atoms with Crippen LogP contribution in [0.5, 0.6) is 0 Å². The number of thioether (sulfide) groups is 1. The molecule has 0 spiro atoms. The molecular weight excluding hydrogens is 290 g/mol. The van der Waals surface area contributed by atoms with Crippen LogP contribution in [0.25, 0.3) is 0 Å². The summed E-state index contributed by atoms with van der Waals surface area (Å²) in [6.45, 7) is 1.89. The Balaban J connectivity index is 2.19. The molecule has 0 saturated heterocycles. The molecule has 0 aromatic heterocycles. The van der Waals surface area contributed by atoms with Crippen molar-refractivity contribution in [1.82, 2.24) is 0 Å². The predicted octanol–water partition coefficient (Wildman–Crippen LogP) is 4.76. The van der Waals surface area contributed by atoms with E-state index in [0.717, 1.165) is 22.6 Å². The zero-order valence-corrected chi connectivity index (χ0v) is 13.0. The second-order valence-electron chi connectivity index (χ2n) is 4.50. The van der Waals surface area contributed by atoms with Crippen LogP contribution in [-0.4, -0.2) is 12.2 Å². The number of hydrogen-bond acceptors (Lipinski definition) is 2. The first-order valence-electron chi connectivity index (χ1n) is 6.26. The summed E-state index contributed by atoms with van der Waals surface area (Å²) in [5, 5.41) is 3.56. The Kier molecular flexibility index (Phi) is 5.10. The van der Waals surface area contributed by atoms with E-state index in [1.165, 1.54) is 0 Å². The maximum atomic E-state index is 12.3. The van der Waals surface area contributed by atoms with E-state index in [9.17, 15) is 4.79 Å². The Morgan fingerprint density at radius 3 is 2.75 bits per heavy atom. The molecule has 0 aliphatic carbocycles. The monoisotopic (exact) mass is 305 g/mol. The van der Waals surface area contributed by atoms with Crippen molar-refractivity contribution in [2.45, 2.75) is 12.7 Å². The largest absolute Gasteiger partial charge is 0.322 e. The molecule has 0 saturated carbocycles. The number of carbonyl (C=O) groups excluding carboxylic acids is 1. The third kappa shape index (κ3) is 3.56. The van der Waals surface area contributed by atoms with Gasteiger partial charge in [-0.05, 0) is 48.6 Å². The minimum atomic E-state index is -0.113. The predicted molar refractivity (Wildman–Crippen MR) is 87.8 cm³/mol. The van der Waals surface area contributed by atoms with Gasteiger partial charge in [-0.25, -0.2) is 0 Å². The van der Waals surface area contributed by atoms with E-state index in [-0.39, 0.29) is 5.91 Å². The average Bonchev–Trinajstić information content (AvgIpc) is 2.44. The number of nitrogens with one attached hydrogen (secondary N) is 1. The Hall–Kier alpha value is -1.45. The van der Waals surface area contributed by atoms with Crippen LogP contribution >= 0.6 is 23.4 Å². The van der Waals surface area contributed by atoms with Crippen LogP contribution in [0.15, 0.2) is 42.5 Å². The van der Waals surface area contributed by atoms with E-state index >= 15 is 0 Å². The fourth-order valence-electron chi connectivity index (χ4n) is 1.91. The summed E-state index contributed by atoms with van der Waals surface area (Å²) in [5.74, 6) is 0.787. The van der Waals surface area contributed by atoms with Crippen molar-refractivity contribution in [2.24, 2.45) is 0 Å². The van der Waals surface area contributed by atoms with Gasteiger partial charge in [0.15, 0.2) is 0 Å². The van der Waals surface area contributed by atoms with Crippen molar-refractivity contribution < 1.29 is 4.79 Å². The Labute approximate surface area is 128 Å². The third-order valence-electron chi connectivity index (χ3n) is 3.02. The van der Waals surface area contributed by atoms with E-state index in [1.807, 2.05) is 55.6 Å². The average molecular weight is 306 g/mol. The molecule has 0 aliphatic rings. The van der Waals surface area contributed by atoms with E-state index in [4.69, 9.17) is 11.6 Å². The first kappa shape index (κ1) is 14.9. The summed E-state index contributed by atoms with van der Waals surface area (Å²) in [4.78, 5) is 12.3. The van der Waals surface area contributed by atoms with Gasteiger partial charge in [-0.1, -0.05) is 29.8 Å². The van der Waals surface area contributed by atoms with E-state index in [0.29, 0.717) is 10.6 Å². The molecule has 0 unspecified atom stereocenters. The number of halogens is 1. The summed E-state index contributed by atoms with van der Waals surface area (Å²) in [7, 11) is 0. The van der Waals surface area contributed by atoms with Gasteiger partial charge in [0, 0.05) is 22.0 Å². The zero-order chi connectivity index (χ0) is 14.5. The van der Waals surface area contributed by atoms with E-state index in [2.05, 4.69) is 5.32 Å². The first-order chi connectivity index (χ1) is 9.61. The molecule has 1 amide bonds. The minimum absolute atomic E-state index is 0.113. The van der Waals surface area contributed by atoms with Gasteiger partial charge < -0.3 is 5.32 Å². The lowest BCUT2D eigenvalue weighted by molar-refractivity contribution is 0.102. The highest BCUT2D eigenvalue weighted by Crippen LogP contribution is 2.23. The van der Waals surface area contributed by atoms with Crippen LogP contribution in [0.3, 0.4) is 0 Å². The van der Waals surface area contributed by atoms with Gasteiger partial charge in [-0.2, -0.15) is 11.8 Å². The van der Waals surface area contributed by atoms with Gasteiger partial charge in [-0.3, -0.25) is 4.79 Å². The van der Waals surface area contributed by atoms with Crippen molar-refractivity contribution >= 4 is 35.0 Å². The number of amides is 1. The standard InChI is InChI=1S/C16H16ClNOS/c1-11-14(17)7-4-8-15(11)18-16(19)13-6-3-5-12(9-13)10-20-2/h3-9H,10H2,1-2H3,(H,18,19). The molecule has 4 heteroatoms. The lowest BCUT2D eigenvalue weighted by Gasteiger charge is -2.10. The van der Waals surface area contributed by atoms with Gasteiger partial charge in [0.1, 0.15) is 0 Å². The Morgan fingerprint density at radius 2 is 2.00 bits per heavy atom. The van der Waals surface area contributed by atoms with Gasteiger partial charge in [-0.15, -0.1) is 0 Å². The quantitative estimate of drug-likeness (QED) is 0.882. The maximum Gasteiger partial charge on any atom is 0.255 e. The summed E-state index contributed by atoms with van der Waals surface area (Å²) in [6.07, 6.45) is 2.04. The molecule has 2 aromatic rings. The smallest absolute Gasteiger partial charge is 0.255 e. The maximum absolute atomic E-state index is 12.3. The zero-order valence-electron chi connectivity index (χ0n) is 11.4. The Morgan fingerprint density at radius 1 is 1.25 bits per heavy atom. The van der Waals surface area contributed by atoms with Gasteiger partial charge in [0.25, 0.3) is 5.91 Å². The molecule has 0 aliphatic heterocycles. The Bertz CT molecular complexity index is 628. The van der Waals surface area contributed by atoms with Crippen molar-refractivity contribution in [2.75, 3.05) is 11.6 Å².